The Morgan fingerprint density at radius 3 is 1.64 bits per heavy atom. The van der Waals surface area contributed by atoms with Crippen LogP contribution in [-0.2, 0) is 14.9 Å². The molecule has 1 heterocycles. The second kappa shape index (κ2) is 14.9. The Hall–Kier alpha value is -3.95. The minimum atomic E-state index is -1.05. The minimum Gasteiger partial charge on any atom is -0.491 e. The topological polar surface area (TPSA) is 124 Å². The summed E-state index contributed by atoms with van der Waals surface area (Å²) in [7, 11) is 0. The standard InChI is InChI=1S/C36H47NO8/c1-34(2,3)19-27(38)21-42-29-14-10-25(11-15-29)36(7,8)26-12-16-30(17-13-26)43-22-28(39)23-44-32(40)24-9-18-31(37-20-24)33(41)45-35(4,5)6/h9-18,20,27-28,38-39H,19,21-23H2,1-8H3. The minimum absolute atomic E-state index is 0.0333. The summed E-state index contributed by atoms with van der Waals surface area (Å²) in [4.78, 5) is 28.4. The maximum Gasteiger partial charge on any atom is 0.357 e. The lowest BCUT2D eigenvalue weighted by molar-refractivity contribution is 0.00605. The Labute approximate surface area is 266 Å². The smallest absolute Gasteiger partial charge is 0.357 e. The van der Waals surface area contributed by atoms with Crippen LogP contribution in [0.25, 0.3) is 0 Å². The number of carbonyl (C=O) groups excluding carboxylic acids is 2. The molecule has 2 atom stereocenters. The molecule has 0 saturated heterocycles. The number of benzene rings is 2. The van der Waals surface area contributed by atoms with Crippen molar-refractivity contribution in [1.82, 2.24) is 4.98 Å². The summed E-state index contributed by atoms with van der Waals surface area (Å²) in [6.07, 6.45) is 0.328. The molecule has 3 aromatic rings. The lowest BCUT2D eigenvalue weighted by atomic mass is 9.78. The first kappa shape index (κ1) is 35.5. The number of esters is 2. The summed E-state index contributed by atoms with van der Waals surface area (Å²) >= 11 is 0. The van der Waals surface area contributed by atoms with Crippen LogP contribution in [0.3, 0.4) is 0 Å². The largest absolute Gasteiger partial charge is 0.491 e. The number of ether oxygens (including phenoxy) is 4. The molecular weight excluding hydrogens is 574 g/mol. The number of aromatic nitrogens is 1. The summed E-state index contributed by atoms with van der Waals surface area (Å²) < 4.78 is 21.9. The van der Waals surface area contributed by atoms with Gasteiger partial charge in [-0.25, -0.2) is 14.6 Å². The van der Waals surface area contributed by atoms with E-state index in [0.717, 1.165) is 11.1 Å². The lowest BCUT2D eigenvalue weighted by Crippen LogP contribution is -2.26. The first-order chi connectivity index (χ1) is 20.9. The number of carbonyl (C=O) groups is 2. The number of rotatable bonds is 13. The molecule has 0 aliphatic rings. The number of hydrogen-bond donors (Lipinski definition) is 2. The second-order valence-corrected chi connectivity index (χ2v) is 13.9. The van der Waals surface area contributed by atoms with Gasteiger partial charge >= 0.3 is 11.9 Å². The van der Waals surface area contributed by atoms with E-state index in [1.165, 1.54) is 18.3 Å². The fourth-order valence-corrected chi connectivity index (χ4v) is 4.52. The third-order valence-electron chi connectivity index (χ3n) is 6.90. The van der Waals surface area contributed by atoms with Crippen molar-refractivity contribution in [3.8, 4) is 11.5 Å². The normalized spacial score (nSPS) is 13.5. The lowest BCUT2D eigenvalue weighted by Gasteiger charge is -2.27. The molecule has 9 heteroatoms. The highest BCUT2D eigenvalue weighted by Crippen LogP contribution is 2.33. The Kier molecular flexibility index (Phi) is 11.8. The van der Waals surface area contributed by atoms with Gasteiger partial charge in [-0.2, -0.15) is 0 Å². The van der Waals surface area contributed by atoms with Crippen molar-refractivity contribution in [2.75, 3.05) is 19.8 Å². The van der Waals surface area contributed by atoms with Gasteiger partial charge < -0.3 is 29.2 Å². The molecule has 0 aliphatic heterocycles. The third-order valence-corrected chi connectivity index (χ3v) is 6.90. The van der Waals surface area contributed by atoms with E-state index in [9.17, 15) is 19.8 Å². The van der Waals surface area contributed by atoms with Crippen LogP contribution < -0.4 is 9.47 Å². The average Bonchev–Trinajstić information content (AvgIpc) is 2.96. The SMILES string of the molecule is CC(C)(C)CC(O)COc1ccc(C(C)(C)c2ccc(OCC(O)COC(=O)c3ccc(C(=O)OC(C)(C)C)nc3)cc2)cc1. The van der Waals surface area contributed by atoms with Crippen molar-refractivity contribution in [3.63, 3.8) is 0 Å². The molecule has 45 heavy (non-hydrogen) atoms. The van der Waals surface area contributed by atoms with Gasteiger partial charge in [0.2, 0.25) is 0 Å². The molecular formula is C36H47NO8. The van der Waals surface area contributed by atoms with Crippen LogP contribution in [0.15, 0.2) is 66.9 Å². The summed E-state index contributed by atoms with van der Waals surface area (Å²) in [5, 5.41) is 20.5. The highest BCUT2D eigenvalue weighted by molar-refractivity contribution is 5.91. The van der Waals surface area contributed by atoms with Crippen molar-refractivity contribution >= 4 is 11.9 Å². The van der Waals surface area contributed by atoms with E-state index in [2.05, 4.69) is 39.6 Å². The summed E-state index contributed by atoms with van der Waals surface area (Å²) in [6.45, 7) is 15.7. The van der Waals surface area contributed by atoms with Gasteiger partial charge in [0.15, 0.2) is 0 Å². The number of hydrogen-bond acceptors (Lipinski definition) is 9. The van der Waals surface area contributed by atoms with Gasteiger partial charge in [-0.05, 0) is 80.1 Å². The molecule has 2 unspecified atom stereocenters. The van der Waals surface area contributed by atoms with E-state index >= 15 is 0 Å². The van der Waals surface area contributed by atoms with Gasteiger partial charge in [0.25, 0.3) is 0 Å². The molecule has 244 valence electrons. The molecule has 9 nitrogen and oxygen atoms in total. The van der Waals surface area contributed by atoms with E-state index in [0.29, 0.717) is 17.9 Å². The molecule has 2 aromatic carbocycles. The summed E-state index contributed by atoms with van der Waals surface area (Å²) in [5.41, 5.74) is 1.48. The molecule has 0 radical (unpaired) electrons. The van der Waals surface area contributed by atoms with Crippen LogP contribution >= 0.6 is 0 Å². The van der Waals surface area contributed by atoms with Crippen molar-refractivity contribution in [1.29, 1.82) is 0 Å². The highest BCUT2D eigenvalue weighted by Gasteiger charge is 2.24. The quantitative estimate of drug-likeness (QED) is 0.217. The molecule has 3 rings (SSSR count). The molecule has 0 amide bonds. The fraction of sp³-hybridized carbons (Fsp3) is 0.472. The zero-order valence-corrected chi connectivity index (χ0v) is 27.6. The van der Waals surface area contributed by atoms with Crippen molar-refractivity contribution in [2.24, 2.45) is 5.41 Å². The van der Waals surface area contributed by atoms with Gasteiger partial charge in [0.1, 0.15) is 48.7 Å². The van der Waals surface area contributed by atoms with Crippen LogP contribution in [-0.4, -0.2) is 64.8 Å². The third kappa shape index (κ3) is 11.5. The number of nitrogens with zero attached hydrogens (tertiary/aromatic N) is 1. The maximum atomic E-state index is 12.4. The van der Waals surface area contributed by atoms with Gasteiger partial charge in [0, 0.05) is 11.6 Å². The van der Waals surface area contributed by atoms with E-state index < -0.39 is 29.7 Å². The Morgan fingerprint density at radius 2 is 1.20 bits per heavy atom. The fourth-order valence-electron chi connectivity index (χ4n) is 4.52. The first-order valence-electron chi connectivity index (χ1n) is 15.1. The molecule has 0 spiro atoms. The Bertz CT molecular complexity index is 1390. The monoisotopic (exact) mass is 621 g/mol. The molecule has 0 saturated carbocycles. The molecule has 2 N–H and O–H groups in total. The zero-order chi connectivity index (χ0) is 33.4. The van der Waals surface area contributed by atoms with E-state index in [4.69, 9.17) is 18.9 Å². The van der Waals surface area contributed by atoms with Crippen molar-refractivity contribution in [2.45, 2.75) is 85.0 Å². The Balaban J connectivity index is 1.46. The summed E-state index contributed by atoms with van der Waals surface area (Å²) in [5.74, 6) is 0.0136. The first-order valence-corrected chi connectivity index (χ1v) is 15.1. The van der Waals surface area contributed by atoms with Crippen LogP contribution in [0.1, 0.15) is 93.8 Å². The van der Waals surface area contributed by atoms with Crippen molar-refractivity contribution in [3.05, 3.63) is 89.2 Å². The molecule has 1 aromatic heterocycles. The zero-order valence-electron chi connectivity index (χ0n) is 27.6. The van der Waals surface area contributed by atoms with E-state index in [1.807, 2.05) is 48.5 Å². The number of aliphatic hydroxyl groups is 2. The molecule has 0 fully saturated rings. The van der Waals surface area contributed by atoms with Crippen LogP contribution in [0.4, 0.5) is 0 Å². The highest BCUT2D eigenvalue weighted by atomic mass is 16.6. The van der Waals surface area contributed by atoms with Crippen LogP contribution in [0.5, 0.6) is 11.5 Å². The van der Waals surface area contributed by atoms with Crippen molar-refractivity contribution < 1.29 is 38.7 Å². The van der Waals surface area contributed by atoms with Crippen LogP contribution in [0, 0.1) is 5.41 Å². The number of aliphatic hydroxyl groups excluding tert-OH is 2. The molecule has 0 aliphatic carbocycles. The predicted octanol–water partition coefficient (Wildman–Crippen LogP) is 6.14. The van der Waals surface area contributed by atoms with E-state index in [1.54, 1.807) is 20.8 Å². The van der Waals surface area contributed by atoms with E-state index in [-0.39, 0.29) is 41.9 Å². The van der Waals surface area contributed by atoms with Crippen LogP contribution in [0.2, 0.25) is 0 Å². The van der Waals surface area contributed by atoms with Gasteiger partial charge in [0.05, 0.1) is 11.7 Å². The predicted molar refractivity (Wildman–Crippen MR) is 172 cm³/mol. The average molecular weight is 622 g/mol. The maximum absolute atomic E-state index is 12.4. The summed E-state index contributed by atoms with van der Waals surface area (Å²) in [6, 6.07) is 18.3. The second-order valence-electron chi connectivity index (χ2n) is 13.9. The van der Waals surface area contributed by atoms with Gasteiger partial charge in [-0.1, -0.05) is 58.9 Å². The Morgan fingerprint density at radius 1 is 0.689 bits per heavy atom. The van der Waals surface area contributed by atoms with Gasteiger partial charge in [-0.15, -0.1) is 0 Å². The number of pyridine rings is 1. The van der Waals surface area contributed by atoms with Gasteiger partial charge in [-0.3, -0.25) is 0 Å². The molecule has 0 bridgehead atoms.